The number of rotatable bonds is 3. The maximum Gasteiger partial charge on any atom is 0.193 e. The molecule has 0 aromatic carbocycles. The molecule has 0 radical (unpaired) electrons. The number of halogens is 1. The Bertz CT molecular complexity index is 571. The largest absolute Gasteiger partial charge is 0.361 e. The van der Waals surface area contributed by atoms with Crippen molar-refractivity contribution in [3.63, 3.8) is 0 Å². The van der Waals surface area contributed by atoms with Crippen LogP contribution in [0.5, 0.6) is 0 Å². The molecule has 0 atom stereocenters. The Morgan fingerprint density at radius 2 is 1.85 bits per heavy atom. The van der Waals surface area contributed by atoms with E-state index < -0.39 is 0 Å². The zero-order valence-corrected chi connectivity index (χ0v) is 19.0. The van der Waals surface area contributed by atoms with Gasteiger partial charge in [0.2, 0.25) is 0 Å². The molecule has 26 heavy (non-hydrogen) atoms. The van der Waals surface area contributed by atoms with E-state index in [1.165, 1.54) is 63.5 Å². The molecule has 2 heterocycles. The van der Waals surface area contributed by atoms with Crippen LogP contribution < -0.4 is 5.32 Å². The van der Waals surface area contributed by atoms with Gasteiger partial charge in [0.15, 0.2) is 5.96 Å². The molecule has 0 unspecified atom stereocenters. The first kappa shape index (κ1) is 21.5. The van der Waals surface area contributed by atoms with Crippen molar-refractivity contribution in [3.8, 4) is 0 Å². The van der Waals surface area contributed by atoms with Crippen molar-refractivity contribution in [3.05, 3.63) is 17.0 Å². The normalized spacial score (nSPS) is 20.6. The lowest BCUT2D eigenvalue weighted by molar-refractivity contribution is 0.115. The summed E-state index contributed by atoms with van der Waals surface area (Å²) in [5.41, 5.74) is 2.76. The van der Waals surface area contributed by atoms with Gasteiger partial charge in [0, 0.05) is 32.2 Å². The predicted octanol–water partition coefficient (Wildman–Crippen LogP) is 4.46. The van der Waals surface area contributed by atoms with Crippen LogP contribution in [-0.4, -0.2) is 42.7 Å². The van der Waals surface area contributed by atoms with Crippen LogP contribution in [0.2, 0.25) is 0 Å². The molecular formula is C20H35IN4O. The summed E-state index contributed by atoms with van der Waals surface area (Å²) in [7, 11) is 1.91. The highest BCUT2D eigenvalue weighted by atomic mass is 127. The van der Waals surface area contributed by atoms with Gasteiger partial charge in [0.1, 0.15) is 5.76 Å². The van der Waals surface area contributed by atoms with E-state index in [4.69, 9.17) is 4.52 Å². The van der Waals surface area contributed by atoms with Crippen LogP contribution in [0.15, 0.2) is 9.52 Å². The third-order valence-corrected chi connectivity index (χ3v) is 6.18. The second kappa shape index (κ2) is 9.95. The number of piperidine rings is 1. The number of aromatic nitrogens is 1. The smallest absolute Gasteiger partial charge is 0.193 e. The lowest BCUT2D eigenvalue weighted by atomic mass is 9.74. The molecule has 1 N–H and O–H groups in total. The van der Waals surface area contributed by atoms with E-state index in [0.29, 0.717) is 5.41 Å². The molecule has 6 heteroatoms. The van der Waals surface area contributed by atoms with Gasteiger partial charge in [-0.05, 0) is 51.4 Å². The molecule has 3 rings (SSSR count). The Balaban J connectivity index is 0.00000243. The Labute approximate surface area is 175 Å². The van der Waals surface area contributed by atoms with Crippen molar-refractivity contribution in [1.82, 2.24) is 15.4 Å². The Hall–Kier alpha value is -0.790. The minimum absolute atomic E-state index is 0. The monoisotopic (exact) mass is 474 g/mol. The molecule has 2 fully saturated rings. The van der Waals surface area contributed by atoms with Crippen LogP contribution in [0, 0.1) is 19.3 Å². The number of hydrogen-bond donors (Lipinski definition) is 1. The molecular weight excluding hydrogens is 439 g/mol. The van der Waals surface area contributed by atoms with Crippen molar-refractivity contribution in [1.29, 1.82) is 0 Å². The number of hydrogen-bond acceptors (Lipinski definition) is 3. The summed E-state index contributed by atoms with van der Waals surface area (Å²) in [5.74, 6) is 2.00. The second-order valence-electron chi connectivity index (χ2n) is 7.97. The van der Waals surface area contributed by atoms with Gasteiger partial charge in [-0.25, -0.2) is 0 Å². The molecule has 0 amide bonds. The standard InChI is InChI=1S/C20H34N4O.HI/c1-16-18(17(2)25-23-16)9-13-22-19(21-3)24-14-8-12-20(15-24)10-6-4-5-7-11-20;/h4-15H2,1-3H3,(H,21,22);1H. The van der Waals surface area contributed by atoms with Crippen molar-refractivity contribution < 1.29 is 4.52 Å². The van der Waals surface area contributed by atoms with Crippen LogP contribution in [0.1, 0.15) is 68.4 Å². The van der Waals surface area contributed by atoms with Gasteiger partial charge in [-0.1, -0.05) is 30.8 Å². The zero-order valence-electron chi connectivity index (χ0n) is 16.6. The lowest BCUT2D eigenvalue weighted by Crippen LogP contribution is -2.50. The molecule has 5 nitrogen and oxygen atoms in total. The first-order valence-corrected chi connectivity index (χ1v) is 10.0. The van der Waals surface area contributed by atoms with Crippen molar-refractivity contribution in [2.75, 3.05) is 26.7 Å². The molecule has 0 bridgehead atoms. The molecule has 1 saturated heterocycles. The van der Waals surface area contributed by atoms with Gasteiger partial charge in [0.25, 0.3) is 0 Å². The molecule has 1 saturated carbocycles. The average molecular weight is 474 g/mol. The Morgan fingerprint density at radius 3 is 2.46 bits per heavy atom. The zero-order chi connectivity index (χ0) is 17.7. The number of aryl methyl sites for hydroxylation is 2. The Morgan fingerprint density at radius 1 is 1.15 bits per heavy atom. The first-order valence-electron chi connectivity index (χ1n) is 10.0. The second-order valence-corrected chi connectivity index (χ2v) is 7.97. The van der Waals surface area contributed by atoms with Crippen molar-refractivity contribution in [2.24, 2.45) is 10.4 Å². The quantitative estimate of drug-likeness (QED) is 0.399. The molecule has 1 aliphatic heterocycles. The van der Waals surface area contributed by atoms with E-state index in [0.717, 1.165) is 36.9 Å². The van der Waals surface area contributed by atoms with Crippen LogP contribution in [0.25, 0.3) is 0 Å². The van der Waals surface area contributed by atoms with Gasteiger partial charge in [-0.2, -0.15) is 0 Å². The maximum atomic E-state index is 5.26. The van der Waals surface area contributed by atoms with E-state index in [2.05, 4.69) is 20.4 Å². The fourth-order valence-corrected chi connectivity index (χ4v) is 4.77. The molecule has 148 valence electrons. The van der Waals surface area contributed by atoms with Crippen LogP contribution in [0.3, 0.4) is 0 Å². The molecule has 1 aromatic rings. The summed E-state index contributed by atoms with van der Waals surface area (Å²) < 4.78 is 5.26. The van der Waals surface area contributed by atoms with Crippen molar-refractivity contribution >= 4 is 29.9 Å². The van der Waals surface area contributed by atoms with E-state index in [9.17, 15) is 0 Å². The minimum Gasteiger partial charge on any atom is -0.361 e. The SMILES string of the molecule is CN=C(NCCc1c(C)noc1C)N1CCCC2(CCCCCC2)C1.I. The summed E-state index contributed by atoms with van der Waals surface area (Å²) in [4.78, 5) is 7.07. The predicted molar refractivity (Wildman–Crippen MR) is 117 cm³/mol. The third kappa shape index (κ3) is 5.14. The highest BCUT2D eigenvalue weighted by Gasteiger charge is 2.36. The minimum atomic E-state index is 0. The van der Waals surface area contributed by atoms with Crippen LogP contribution in [-0.2, 0) is 6.42 Å². The fourth-order valence-electron chi connectivity index (χ4n) is 4.77. The van der Waals surface area contributed by atoms with Gasteiger partial charge in [-0.3, -0.25) is 4.99 Å². The fraction of sp³-hybridized carbons (Fsp3) is 0.800. The molecule has 1 aliphatic carbocycles. The summed E-state index contributed by atoms with van der Waals surface area (Å²) in [6.07, 6.45) is 12.1. The summed E-state index contributed by atoms with van der Waals surface area (Å²) in [5, 5.41) is 7.62. The highest BCUT2D eigenvalue weighted by molar-refractivity contribution is 14.0. The van der Waals surface area contributed by atoms with Crippen LogP contribution >= 0.6 is 24.0 Å². The first-order chi connectivity index (χ1) is 12.1. The van der Waals surface area contributed by atoms with E-state index in [1.54, 1.807) is 0 Å². The van der Waals surface area contributed by atoms with Gasteiger partial charge in [-0.15, -0.1) is 24.0 Å². The van der Waals surface area contributed by atoms with E-state index in [-0.39, 0.29) is 24.0 Å². The maximum absolute atomic E-state index is 5.26. The lowest BCUT2D eigenvalue weighted by Gasteiger charge is -2.44. The third-order valence-electron chi connectivity index (χ3n) is 6.18. The Kier molecular flexibility index (Phi) is 8.23. The van der Waals surface area contributed by atoms with Crippen molar-refractivity contribution in [2.45, 2.75) is 71.6 Å². The van der Waals surface area contributed by atoms with Gasteiger partial charge in [0.05, 0.1) is 5.69 Å². The average Bonchev–Trinajstić information content (AvgIpc) is 2.80. The number of nitrogens with zero attached hydrogens (tertiary/aromatic N) is 3. The summed E-state index contributed by atoms with van der Waals surface area (Å²) in [6.45, 7) is 7.19. The summed E-state index contributed by atoms with van der Waals surface area (Å²) in [6, 6.07) is 0. The van der Waals surface area contributed by atoms with E-state index >= 15 is 0 Å². The molecule has 1 spiro atoms. The molecule has 2 aliphatic rings. The van der Waals surface area contributed by atoms with Gasteiger partial charge >= 0.3 is 0 Å². The number of guanidine groups is 1. The van der Waals surface area contributed by atoms with Gasteiger partial charge < -0.3 is 14.7 Å². The van der Waals surface area contributed by atoms with E-state index in [1.807, 2.05) is 20.9 Å². The summed E-state index contributed by atoms with van der Waals surface area (Å²) >= 11 is 0. The highest BCUT2D eigenvalue weighted by Crippen LogP contribution is 2.42. The molecule has 1 aromatic heterocycles. The van der Waals surface area contributed by atoms with Crippen LogP contribution in [0.4, 0.5) is 0 Å². The number of nitrogens with one attached hydrogen (secondary N) is 1. The number of aliphatic imine (C=N–C) groups is 1. The number of likely N-dealkylation sites (tertiary alicyclic amines) is 1. The topological polar surface area (TPSA) is 53.7 Å².